The molecule has 2 aliphatic rings. The number of carbonyl (C=O) groups is 4. The zero-order valence-corrected chi connectivity index (χ0v) is 19.7. The highest BCUT2D eigenvalue weighted by Gasteiger charge is 2.55. The number of fused-ring (bicyclic) bond motifs is 1. The van der Waals surface area contributed by atoms with E-state index in [1.54, 1.807) is 24.3 Å². The van der Waals surface area contributed by atoms with Crippen molar-refractivity contribution < 1.29 is 34.5 Å². The van der Waals surface area contributed by atoms with Crippen molar-refractivity contribution in [3.63, 3.8) is 0 Å². The van der Waals surface area contributed by atoms with Crippen LogP contribution in [-0.4, -0.2) is 87.0 Å². The molecule has 0 spiro atoms. The zero-order valence-electron chi connectivity index (χ0n) is 18.1. The molecule has 0 bridgehead atoms. The van der Waals surface area contributed by atoms with Gasteiger partial charge in [0.25, 0.3) is 11.8 Å². The third-order valence-corrected chi connectivity index (χ3v) is 7.88. The number of rotatable bonds is 9. The highest BCUT2D eigenvalue weighted by Crippen LogP contribution is 2.44. The number of tetrazole rings is 1. The van der Waals surface area contributed by atoms with Gasteiger partial charge < -0.3 is 20.6 Å². The molecule has 2 aromatic rings. The Balaban J connectivity index is 1.54. The van der Waals surface area contributed by atoms with Crippen LogP contribution < -0.4 is 5.32 Å². The lowest BCUT2D eigenvalue weighted by Crippen LogP contribution is -2.71. The molecular weight excluding hydrogens is 500 g/mol. The van der Waals surface area contributed by atoms with Gasteiger partial charge in [-0.05, 0) is 23.3 Å². The molecule has 1 aromatic carbocycles. The van der Waals surface area contributed by atoms with E-state index in [1.165, 1.54) is 11.8 Å². The predicted molar refractivity (Wildman–Crippen MR) is 122 cm³/mol. The van der Waals surface area contributed by atoms with Gasteiger partial charge in [0, 0.05) is 11.0 Å². The van der Waals surface area contributed by atoms with Gasteiger partial charge in [-0.1, -0.05) is 41.6 Å². The fourth-order valence-electron chi connectivity index (χ4n) is 3.75. The number of nitrogens with one attached hydrogen (secondary N) is 2. The molecule has 4 rings (SSSR count). The average Bonchev–Trinajstić information content (AvgIpc) is 3.33. The second kappa shape index (κ2) is 10.1. The van der Waals surface area contributed by atoms with E-state index in [0.717, 1.165) is 22.2 Å². The molecule has 4 atom stereocenters. The molecule has 5 N–H and O–H groups in total. The number of aliphatic hydroxyl groups is 1. The molecule has 0 radical (unpaired) electrons. The van der Waals surface area contributed by atoms with Gasteiger partial charge in [0.1, 0.15) is 17.1 Å². The minimum atomic E-state index is -1.50. The van der Waals surface area contributed by atoms with Gasteiger partial charge in [0.15, 0.2) is 6.10 Å². The molecule has 0 saturated carbocycles. The molecule has 1 saturated heterocycles. The van der Waals surface area contributed by atoms with Crippen molar-refractivity contribution in [3.05, 3.63) is 46.7 Å². The number of β-lactam (4-membered cyclic amide) rings is 1. The SMILES string of the molecule is Cc1ccc(C(O)C(=O)NC2C(=O)N3C(C(=O)O)=C(C(CC(=O)O)Sc4nn[nH]n4)CS[C@@H]23)cc1. The van der Waals surface area contributed by atoms with Gasteiger partial charge >= 0.3 is 11.9 Å². The molecule has 35 heavy (non-hydrogen) atoms. The molecule has 15 heteroatoms. The lowest BCUT2D eigenvalue weighted by atomic mass is 9.99. The van der Waals surface area contributed by atoms with Gasteiger partial charge in [-0.2, -0.15) is 5.21 Å². The minimum absolute atomic E-state index is 0.103. The number of amides is 2. The first-order chi connectivity index (χ1) is 16.7. The Kier molecular flexibility index (Phi) is 7.09. The van der Waals surface area contributed by atoms with Crippen molar-refractivity contribution >= 4 is 47.3 Å². The van der Waals surface area contributed by atoms with E-state index in [1.807, 2.05) is 6.92 Å². The lowest BCUT2D eigenvalue weighted by Gasteiger charge is -2.50. The normalized spacial score (nSPS) is 21.1. The zero-order chi connectivity index (χ0) is 25.3. The number of aromatic nitrogens is 4. The fourth-order valence-corrected chi connectivity index (χ4v) is 6.27. The number of benzene rings is 1. The second-order valence-electron chi connectivity index (χ2n) is 7.79. The Hall–Kier alpha value is -3.43. The highest BCUT2D eigenvalue weighted by molar-refractivity contribution is 8.01. The third kappa shape index (κ3) is 5.01. The van der Waals surface area contributed by atoms with E-state index >= 15 is 0 Å². The van der Waals surface area contributed by atoms with Crippen molar-refractivity contribution in [2.45, 2.75) is 41.3 Å². The van der Waals surface area contributed by atoms with Crippen molar-refractivity contribution in [1.82, 2.24) is 30.8 Å². The van der Waals surface area contributed by atoms with E-state index in [0.29, 0.717) is 5.56 Å². The summed E-state index contributed by atoms with van der Waals surface area (Å²) in [7, 11) is 0. The van der Waals surface area contributed by atoms with Crippen LogP contribution in [0.1, 0.15) is 23.7 Å². The molecule has 13 nitrogen and oxygen atoms in total. The smallest absolute Gasteiger partial charge is 0.352 e. The molecule has 3 heterocycles. The van der Waals surface area contributed by atoms with E-state index in [4.69, 9.17) is 0 Å². The maximum atomic E-state index is 12.9. The fraction of sp³-hybridized carbons (Fsp3) is 0.350. The monoisotopic (exact) mass is 520 g/mol. The van der Waals surface area contributed by atoms with Crippen LogP contribution in [0.3, 0.4) is 0 Å². The molecule has 3 unspecified atom stereocenters. The number of aryl methyl sites for hydroxylation is 1. The van der Waals surface area contributed by atoms with Crippen molar-refractivity contribution in [3.8, 4) is 0 Å². The molecule has 1 fully saturated rings. The van der Waals surface area contributed by atoms with Gasteiger partial charge in [-0.3, -0.25) is 19.3 Å². The van der Waals surface area contributed by atoms with Crippen LogP contribution in [0.4, 0.5) is 0 Å². The standard InChI is InChI=1S/C20H20N6O7S2/c1-8-2-4-9(5-3-8)15(29)16(30)21-13-17(31)26-14(19(32)33)10(7-34-18(13)26)11(6-12(27)28)35-20-22-24-25-23-20/h2-5,11,13,15,18,29H,6-7H2,1H3,(H,21,30)(H,27,28)(H,32,33)(H,22,23,24,25)/t11?,13?,15?,18-/m0/s1. The summed E-state index contributed by atoms with van der Waals surface area (Å²) in [6, 6.07) is 5.65. The number of hydrogen-bond donors (Lipinski definition) is 5. The summed E-state index contributed by atoms with van der Waals surface area (Å²) >= 11 is 2.11. The van der Waals surface area contributed by atoms with Gasteiger partial charge in [0.2, 0.25) is 5.16 Å². The summed E-state index contributed by atoms with van der Waals surface area (Å²) in [4.78, 5) is 50.1. The number of hydrogen-bond acceptors (Lipinski definition) is 10. The summed E-state index contributed by atoms with van der Waals surface area (Å²) in [5, 5.41) is 43.9. The number of aliphatic hydroxyl groups excluding tert-OH is 1. The van der Waals surface area contributed by atoms with Crippen molar-refractivity contribution in [2.75, 3.05) is 5.75 Å². The average molecular weight is 521 g/mol. The maximum absolute atomic E-state index is 12.9. The number of carbonyl (C=O) groups excluding carboxylic acids is 2. The molecule has 2 aliphatic heterocycles. The number of carboxylic acids is 2. The summed E-state index contributed by atoms with van der Waals surface area (Å²) in [6.07, 6.45) is -1.93. The van der Waals surface area contributed by atoms with Gasteiger partial charge in [-0.15, -0.1) is 22.0 Å². The Morgan fingerprint density at radius 1 is 1.29 bits per heavy atom. The summed E-state index contributed by atoms with van der Waals surface area (Å²) < 4.78 is 0. The third-order valence-electron chi connectivity index (χ3n) is 5.46. The van der Waals surface area contributed by atoms with Crippen molar-refractivity contribution in [1.29, 1.82) is 0 Å². The number of aliphatic carboxylic acids is 2. The van der Waals surface area contributed by atoms with Crippen LogP contribution in [0, 0.1) is 6.92 Å². The molecule has 2 amide bonds. The number of thioether (sulfide) groups is 2. The number of aromatic amines is 1. The van der Waals surface area contributed by atoms with Crippen LogP contribution in [0.25, 0.3) is 0 Å². The quantitative estimate of drug-likeness (QED) is 0.218. The van der Waals surface area contributed by atoms with Crippen LogP contribution >= 0.6 is 23.5 Å². The number of nitrogens with zero attached hydrogens (tertiary/aromatic N) is 4. The van der Waals surface area contributed by atoms with E-state index < -0.39 is 52.9 Å². The Morgan fingerprint density at radius 3 is 2.60 bits per heavy atom. The Morgan fingerprint density at radius 2 is 2.00 bits per heavy atom. The predicted octanol–water partition coefficient (Wildman–Crippen LogP) is -0.0843. The van der Waals surface area contributed by atoms with Gasteiger partial charge in [0.05, 0.1) is 6.42 Å². The first-order valence-electron chi connectivity index (χ1n) is 10.2. The minimum Gasteiger partial charge on any atom is -0.481 e. The van der Waals surface area contributed by atoms with E-state index in [2.05, 4.69) is 25.9 Å². The highest BCUT2D eigenvalue weighted by atomic mass is 32.2. The van der Waals surface area contributed by atoms with E-state index in [9.17, 15) is 34.5 Å². The summed E-state index contributed by atoms with van der Waals surface area (Å²) in [5.74, 6) is -3.91. The second-order valence-corrected chi connectivity index (χ2v) is 10.1. The molecular formula is C20H20N6O7S2. The van der Waals surface area contributed by atoms with Crippen LogP contribution in [-0.2, 0) is 19.2 Å². The molecule has 0 aliphatic carbocycles. The largest absolute Gasteiger partial charge is 0.481 e. The Bertz CT molecular complexity index is 1190. The first kappa shape index (κ1) is 24.7. The lowest BCUT2D eigenvalue weighted by molar-refractivity contribution is -0.151. The first-order valence-corrected chi connectivity index (χ1v) is 12.2. The summed E-state index contributed by atoms with van der Waals surface area (Å²) in [5.41, 5.74) is 1.21. The summed E-state index contributed by atoms with van der Waals surface area (Å²) in [6.45, 7) is 1.86. The molecule has 184 valence electrons. The Labute approximate surface area is 206 Å². The maximum Gasteiger partial charge on any atom is 0.352 e. The van der Waals surface area contributed by atoms with Gasteiger partial charge in [-0.25, -0.2) is 4.79 Å². The molecule has 1 aromatic heterocycles. The number of carboxylic acid groups (broad SMARTS) is 2. The van der Waals surface area contributed by atoms with E-state index in [-0.39, 0.29) is 22.2 Å². The van der Waals surface area contributed by atoms with Crippen LogP contribution in [0.2, 0.25) is 0 Å². The number of H-pyrrole nitrogens is 1. The van der Waals surface area contributed by atoms with Crippen LogP contribution in [0.15, 0.2) is 40.7 Å². The van der Waals surface area contributed by atoms with Crippen LogP contribution in [0.5, 0.6) is 0 Å². The van der Waals surface area contributed by atoms with Crippen molar-refractivity contribution in [2.24, 2.45) is 0 Å². The topological polar surface area (TPSA) is 199 Å².